The van der Waals surface area contributed by atoms with Crippen LogP contribution in [0.25, 0.3) is 0 Å². The Kier molecular flexibility index (Phi) is 4.53. The molecule has 20 heavy (non-hydrogen) atoms. The van der Waals surface area contributed by atoms with Crippen molar-refractivity contribution < 1.29 is 9.53 Å². The first-order valence-electron chi connectivity index (χ1n) is 6.01. The van der Waals surface area contributed by atoms with Crippen molar-refractivity contribution in [1.82, 2.24) is 9.97 Å². The number of benzene rings is 1. The minimum Gasteiger partial charge on any atom is -0.497 e. The molecule has 5 nitrogen and oxygen atoms in total. The van der Waals surface area contributed by atoms with Gasteiger partial charge in [0.15, 0.2) is 0 Å². The minimum absolute atomic E-state index is 0.197. The molecule has 104 valence electrons. The van der Waals surface area contributed by atoms with Crippen molar-refractivity contribution in [3.8, 4) is 5.75 Å². The Bertz CT molecular complexity index is 594. The molecule has 0 bridgehead atoms. The molecule has 0 spiro atoms. The molecule has 0 radical (unpaired) electrons. The molecule has 1 heterocycles. The fraction of sp³-hybridized carbons (Fsp3) is 0.214. The Hall–Kier alpha value is -2.14. The van der Waals surface area contributed by atoms with E-state index in [-0.39, 0.29) is 18.3 Å². The number of ether oxygens (including phenoxy) is 1. The molecule has 1 amide bonds. The van der Waals surface area contributed by atoms with Gasteiger partial charge in [-0.1, -0.05) is 23.7 Å². The van der Waals surface area contributed by atoms with E-state index in [4.69, 9.17) is 16.3 Å². The predicted octanol–water partition coefficient (Wildman–Crippen LogP) is 2.63. The van der Waals surface area contributed by atoms with Gasteiger partial charge in [0.05, 0.1) is 13.5 Å². The number of halogens is 1. The molecule has 0 atom stereocenters. The number of carbonyl (C=O) groups is 1. The quantitative estimate of drug-likeness (QED) is 0.880. The third kappa shape index (κ3) is 3.93. The van der Waals surface area contributed by atoms with Gasteiger partial charge in [-0.15, -0.1) is 0 Å². The summed E-state index contributed by atoms with van der Waals surface area (Å²) < 4.78 is 5.06. The maximum Gasteiger partial charge on any atom is 0.231 e. The lowest BCUT2D eigenvalue weighted by Crippen LogP contribution is -2.16. The van der Waals surface area contributed by atoms with Crippen molar-refractivity contribution in [2.45, 2.75) is 13.3 Å². The number of nitrogens with zero attached hydrogens (tertiary/aromatic N) is 2. The van der Waals surface area contributed by atoms with E-state index in [2.05, 4.69) is 15.3 Å². The highest BCUT2D eigenvalue weighted by molar-refractivity contribution is 6.29. The number of hydrogen-bond donors (Lipinski definition) is 1. The molecule has 1 aromatic carbocycles. The second-order valence-corrected chi connectivity index (χ2v) is 4.62. The van der Waals surface area contributed by atoms with Gasteiger partial charge < -0.3 is 4.74 Å². The number of amides is 1. The van der Waals surface area contributed by atoms with Gasteiger partial charge in [0.2, 0.25) is 11.9 Å². The van der Waals surface area contributed by atoms with E-state index in [0.717, 1.165) is 11.3 Å². The number of rotatable bonds is 4. The van der Waals surface area contributed by atoms with E-state index >= 15 is 0 Å². The SMILES string of the molecule is COc1ccc(CC(=O)Nc2nc(C)cc(Cl)n2)cc1. The Balaban J connectivity index is 2.01. The van der Waals surface area contributed by atoms with Crippen LogP contribution in [0.3, 0.4) is 0 Å². The molecule has 1 aromatic heterocycles. The van der Waals surface area contributed by atoms with Gasteiger partial charge in [0.25, 0.3) is 0 Å². The van der Waals surface area contributed by atoms with Crippen LogP contribution in [0.4, 0.5) is 5.95 Å². The van der Waals surface area contributed by atoms with Crippen LogP contribution >= 0.6 is 11.6 Å². The number of carbonyl (C=O) groups excluding carboxylic acids is 1. The number of aromatic nitrogens is 2. The number of aryl methyl sites for hydroxylation is 1. The molecular formula is C14H14ClN3O2. The van der Waals surface area contributed by atoms with Crippen LogP contribution in [0.1, 0.15) is 11.3 Å². The highest BCUT2D eigenvalue weighted by atomic mass is 35.5. The van der Waals surface area contributed by atoms with Crippen LogP contribution in [0.5, 0.6) is 5.75 Å². The number of nitrogens with one attached hydrogen (secondary N) is 1. The molecule has 0 aliphatic rings. The zero-order valence-electron chi connectivity index (χ0n) is 11.2. The smallest absolute Gasteiger partial charge is 0.231 e. The van der Waals surface area contributed by atoms with E-state index in [0.29, 0.717) is 10.8 Å². The lowest BCUT2D eigenvalue weighted by atomic mass is 10.1. The molecule has 2 aromatic rings. The second-order valence-electron chi connectivity index (χ2n) is 4.23. The summed E-state index contributed by atoms with van der Waals surface area (Å²) in [6, 6.07) is 8.91. The monoisotopic (exact) mass is 291 g/mol. The van der Waals surface area contributed by atoms with Crippen LogP contribution in [-0.4, -0.2) is 23.0 Å². The molecule has 0 fully saturated rings. The Morgan fingerprint density at radius 2 is 2.00 bits per heavy atom. The van der Waals surface area contributed by atoms with Crippen LogP contribution in [-0.2, 0) is 11.2 Å². The van der Waals surface area contributed by atoms with Gasteiger partial charge in [-0.05, 0) is 30.7 Å². The van der Waals surface area contributed by atoms with E-state index < -0.39 is 0 Å². The summed E-state index contributed by atoms with van der Waals surface area (Å²) in [5.74, 6) is 0.772. The summed E-state index contributed by atoms with van der Waals surface area (Å²) in [4.78, 5) is 19.9. The maximum atomic E-state index is 11.9. The van der Waals surface area contributed by atoms with Crippen LogP contribution < -0.4 is 10.1 Å². The fourth-order valence-corrected chi connectivity index (χ4v) is 1.92. The van der Waals surface area contributed by atoms with Gasteiger partial charge in [-0.25, -0.2) is 9.97 Å². The van der Waals surface area contributed by atoms with E-state index in [1.54, 1.807) is 20.1 Å². The number of methoxy groups -OCH3 is 1. The second kappa shape index (κ2) is 6.34. The standard InChI is InChI=1S/C14H14ClN3O2/c1-9-7-12(15)17-14(16-9)18-13(19)8-10-3-5-11(20-2)6-4-10/h3-7H,8H2,1-2H3,(H,16,17,18,19). The topological polar surface area (TPSA) is 64.1 Å². The average molecular weight is 292 g/mol. The number of hydrogen-bond acceptors (Lipinski definition) is 4. The summed E-state index contributed by atoms with van der Waals surface area (Å²) in [5.41, 5.74) is 1.58. The van der Waals surface area contributed by atoms with Gasteiger partial charge >= 0.3 is 0 Å². The molecule has 0 aliphatic heterocycles. The molecule has 0 saturated carbocycles. The highest BCUT2D eigenvalue weighted by Gasteiger charge is 2.07. The van der Waals surface area contributed by atoms with E-state index in [1.165, 1.54) is 0 Å². The van der Waals surface area contributed by atoms with Crippen LogP contribution in [0, 0.1) is 6.92 Å². The zero-order valence-corrected chi connectivity index (χ0v) is 11.9. The summed E-state index contributed by atoms with van der Waals surface area (Å²) >= 11 is 5.81. The molecule has 6 heteroatoms. The molecule has 2 rings (SSSR count). The predicted molar refractivity (Wildman–Crippen MR) is 77.1 cm³/mol. The third-order valence-electron chi connectivity index (χ3n) is 2.60. The minimum atomic E-state index is -0.197. The number of anilines is 1. The van der Waals surface area contributed by atoms with Crippen molar-refractivity contribution in [2.75, 3.05) is 12.4 Å². The average Bonchev–Trinajstić information content (AvgIpc) is 2.38. The molecule has 0 unspecified atom stereocenters. The summed E-state index contributed by atoms with van der Waals surface area (Å²) in [6.07, 6.45) is 0.235. The Labute approximate surface area is 122 Å². The third-order valence-corrected chi connectivity index (χ3v) is 2.79. The maximum absolute atomic E-state index is 11.9. The lowest BCUT2D eigenvalue weighted by molar-refractivity contribution is -0.115. The first-order valence-corrected chi connectivity index (χ1v) is 6.38. The summed E-state index contributed by atoms with van der Waals surface area (Å²) in [6.45, 7) is 1.78. The largest absolute Gasteiger partial charge is 0.497 e. The normalized spacial score (nSPS) is 10.2. The van der Waals surface area contributed by atoms with E-state index in [1.807, 2.05) is 24.3 Å². The Morgan fingerprint density at radius 1 is 1.30 bits per heavy atom. The summed E-state index contributed by atoms with van der Waals surface area (Å²) in [5, 5.41) is 2.93. The van der Waals surface area contributed by atoms with Crippen molar-refractivity contribution >= 4 is 23.5 Å². The van der Waals surface area contributed by atoms with E-state index in [9.17, 15) is 4.79 Å². The van der Waals surface area contributed by atoms with Crippen molar-refractivity contribution in [1.29, 1.82) is 0 Å². The van der Waals surface area contributed by atoms with Crippen LogP contribution in [0.15, 0.2) is 30.3 Å². The van der Waals surface area contributed by atoms with Crippen LogP contribution in [0.2, 0.25) is 5.15 Å². The van der Waals surface area contributed by atoms with Crippen molar-refractivity contribution in [3.05, 3.63) is 46.7 Å². The lowest BCUT2D eigenvalue weighted by Gasteiger charge is -2.06. The molecular weight excluding hydrogens is 278 g/mol. The van der Waals surface area contributed by atoms with Gasteiger partial charge in [-0.2, -0.15) is 0 Å². The van der Waals surface area contributed by atoms with Crippen molar-refractivity contribution in [2.24, 2.45) is 0 Å². The molecule has 1 N–H and O–H groups in total. The van der Waals surface area contributed by atoms with Gasteiger partial charge in [0.1, 0.15) is 10.9 Å². The van der Waals surface area contributed by atoms with Gasteiger partial charge in [-0.3, -0.25) is 10.1 Å². The van der Waals surface area contributed by atoms with Gasteiger partial charge in [0, 0.05) is 5.69 Å². The summed E-state index contributed by atoms with van der Waals surface area (Å²) in [7, 11) is 1.60. The molecule has 0 saturated heterocycles. The van der Waals surface area contributed by atoms with Crippen molar-refractivity contribution in [3.63, 3.8) is 0 Å². The highest BCUT2D eigenvalue weighted by Crippen LogP contribution is 2.13. The molecule has 0 aliphatic carbocycles. The first kappa shape index (κ1) is 14.3. The first-order chi connectivity index (χ1) is 9.56. The Morgan fingerprint density at radius 3 is 2.60 bits per heavy atom. The fourth-order valence-electron chi connectivity index (χ4n) is 1.68. The zero-order chi connectivity index (χ0) is 14.5.